The Morgan fingerprint density at radius 1 is 1.00 bits per heavy atom. The van der Waals surface area contributed by atoms with Crippen LogP contribution in [0, 0.1) is 0 Å². The van der Waals surface area contributed by atoms with Gasteiger partial charge in [-0.1, -0.05) is 79.5 Å². The predicted molar refractivity (Wildman–Crippen MR) is 133 cm³/mol. The van der Waals surface area contributed by atoms with E-state index in [0.29, 0.717) is 28.5 Å². The molecule has 34 heavy (non-hydrogen) atoms. The van der Waals surface area contributed by atoms with Crippen LogP contribution < -0.4 is 4.74 Å². The van der Waals surface area contributed by atoms with Crippen LogP contribution in [-0.2, 0) is 16.1 Å². The van der Waals surface area contributed by atoms with Crippen LogP contribution in [0.15, 0.2) is 84.4 Å². The summed E-state index contributed by atoms with van der Waals surface area (Å²) in [5, 5.41) is 11.8. The normalized spacial score (nSPS) is 17.2. The Bertz CT molecular complexity index is 1200. The van der Waals surface area contributed by atoms with Gasteiger partial charge in [0.2, 0.25) is 0 Å². The average molecular weight is 476 g/mol. The Balaban J connectivity index is 1.78. The summed E-state index contributed by atoms with van der Waals surface area (Å²) >= 11 is 6.08. The maximum absolute atomic E-state index is 13.2. The number of aliphatic hydroxyl groups excluding tert-OH is 1. The molecule has 5 nitrogen and oxygen atoms in total. The van der Waals surface area contributed by atoms with Gasteiger partial charge in [-0.15, -0.1) is 0 Å². The number of ketones is 1. The molecule has 0 saturated carbocycles. The second-order valence-electron chi connectivity index (χ2n) is 8.19. The van der Waals surface area contributed by atoms with Crippen LogP contribution in [0.2, 0.25) is 5.02 Å². The van der Waals surface area contributed by atoms with E-state index in [2.05, 4.69) is 6.92 Å². The van der Waals surface area contributed by atoms with Gasteiger partial charge >= 0.3 is 0 Å². The van der Waals surface area contributed by atoms with Crippen molar-refractivity contribution < 1.29 is 19.4 Å². The fourth-order valence-electron chi connectivity index (χ4n) is 4.04. The molecule has 0 aliphatic carbocycles. The lowest BCUT2D eigenvalue weighted by Gasteiger charge is -2.25. The molecule has 1 N–H and O–H groups in total. The fourth-order valence-corrected chi connectivity index (χ4v) is 4.16. The summed E-state index contributed by atoms with van der Waals surface area (Å²) in [4.78, 5) is 27.8. The lowest BCUT2D eigenvalue weighted by Crippen LogP contribution is -2.29. The van der Waals surface area contributed by atoms with Crippen molar-refractivity contribution in [3.05, 3.63) is 106 Å². The Morgan fingerprint density at radius 3 is 2.44 bits per heavy atom. The van der Waals surface area contributed by atoms with E-state index >= 15 is 0 Å². The third kappa shape index (κ3) is 5.00. The summed E-state index contributed by atoms with van der Waals surface area (Å²) in [7, 11) is 0. The highest BCUT2D eigenvalue weighted by molar-refractivity contribution is 6.46. The maximum atomic E-state index is 13.2. The number of carbonyl (C=O) groups is 2. The van der Waals surface area contributed by atoms with Gasteiger partial charge in [-0.25, -0.2) is 0 Å². The Morgan fingerprint density at radius 2 is 1.74 bits per heavy atom. The first kappa shape index (κ1) is 23.6. The van der Waals surface area contributed by atoms with Gasteiger partial charge in [0.05, 0.1) is 18.2 Å². The summed E-state index contributed by atoms with van der Waals surface area (Å²) in [6.45, 7) is 2.87. The molecule has 1 unspecified atom stereocenters. The molecule has 4 rings (SSSR count). The number of benzene rings is 3. The molecule has 1 aliphatic rings. The van der Waals surface area contributed by atoms with Gasteiger partial charge < -0.3 is 14.7 Å². The molecule has 174 valence electrons. The van der Waals surface area contributed by atoms with Gasteiger partial charge in [0.25, 0.3) is 11.7 Å². The van der Waals surface area contributed by atoms with Crippen LogP contribution in [0.5, 0.6) is 5.75 Å². The average Bonchev–Trinajstić information content (AvgIpc) is 3.10. The number of aliphatic hydroxyl groups is 1. The monoisotopic (exact) mass is 475 g/mol. The van der Waals surface area contributed by atoms with Gasteiger partial charge in [0, 0.05) is 17.1 Å². The Labute approximate surface area is 204 Å². The maximum Gasteiger partial charge on any atom is 0.295 e. The molecule has 1 atom stereocenters. The van der Waals surface area contributed by atoms with Crippen LogP contribution >= 0.6 is 11.6 Å². The van der Waals surface area contributed by atoms with E-state index in [1.165, 1.54) is 4.90 Å². The summed E-state index contributed by atoms with van der Waals surface area (Å²) in [6, 6.07) is 22.6. The zero-order chi connectivity index (χ0) is 24.1. The molecule has 1 aliphatic heterocycles. The molecule has 6 heteroatoms. The summed E-state index contributed by atoms with van der Waals surface area (Å²) in [5.74, 6) is -1.000. The van der Waals surface area contributed by atoms with Crippen LogP contribution in [0.25, 0.3) is 5.76 Å². The number of ether oxygens (including phenoxy) is 1. The molecular weight excluding hydrogens is 450 g/mol. The number of hydrogen-bond acceptors (Lipinski definition) is 4. The highest BCUT2D eigenvalue weighted by Gasteiger charge is 2.46. The molecule has 3 aromatic carbocycles. The molecule has 0 aromatic heterocycles. The predicted octanol–water partition coefficient (Wildman–Crippen LogP) is 6.14. The molecule has 3 aromatic rings. The third-order valence-corrected chi connectivity index (χ3v) is 6.05. The number of carbonyl (C=O) groups excluding carboxylic acids is 2. The molecular formula is C28H26ClNO4. The topological polar surface area (TPSA) is 66.8 Å². The SMILES string of the molecule is CCCCOc1cccc(/C(O)=C2\C(=O)C(=O)N(Cc3ccccc3)C2c2ccc(Cl)cc2)c1. The summed E-state index contributed by atoms with van der Waals surface area (Å²) < 4.78 is 5.76. The first-order valence-corrected chi connectivity index (χ1v) is 11.7. The van der Waals surface area contributed by atoms with E-state index in [1.807, 2.05) is 30.3 Å². The largest absolute Gasteiger partial charge is 0.507 e. The second kappa shape index (κ2) is 10.6. The first-order chi connectivity index (χ1) is 16.5. The standard InChI is InChI=1S/C28H26ClNO4/c1-2-3-16-34-23-11-7-10-21(17-23)26(31)24-25(20-12-14-22(29)15-13-20)30(28(33)27(24)32)18-19-8-5-4-6-9-19/h4-15,17,25,31H,2-3,16,18H2,1H3/b26-24+. The van der Waals surface area contributed by atoms with E-state index < -0.39 is 17.7 Å². The van der Waals surface area contributed by atoms with Crippen molar-refractivity contribution in [3.63, 3.8) is 0 Å². The number of hydrogen-bond donors (Lipinski definition) is 1. The minimum Gasteiger partial charge on any atom is -0.507 e. The van der Waals surface area contributed by atoms with Crippen LogP contribution in [-0.4, -0.2) is 28.3 Å². The van der Waals surface area contributed by atoms with Crippen molar-refractivity contribution in [1.29, 1.82) is 0 Å². The van der Waals surface area contributed by atoms with Crippen molar-refractivity contribution in [3.8, 4) is 5.75 Å². The molecule has 1 amide bonds. The van der Waals surface area contributed by atoms with Crippen LogP contribution in [0.4, 0.5) is 0 Å². The van der Waals surface area contributed by atoms with Gasteiger partial charge in [-0.3, -0.25) is 9.59 Å². The Kier molecular flexibility index (Phi) is 7.33. The van der Waals surface area contributed by atoms with Crippen molar-refractivity contribution in [2.45, 2.75) is 32.4 Å². The van der Waals surface area contributed by atoms with Crippen LogP contribution in [0.3, 0.4) is 0 Å². The van der Waals surface area contributed by atoms with E-state index in [9.17, 15) is 14.7 Å². The molecule has 1 fully saturated rings. The first-order valence-electron chi connectivity index (χ1n) is 11.3. The van der Waals surface area contributed by atoms with Gasteiger partial charge in [0.1, 0.15) is 11.5 Å². The van der Waals surface area contributed by atoms with Gasteiger partial charge in [-0.2, -0.15) is 0 Å². The minimum absolute atomic E-state index is 0.0500. The number of Topliss-reactive ketones (excluding diaryl/α,β-unsaturated/α-hetero) is 1. The van der Waals surface area contributed by atoms with E-state index in [1.54, 1.807) is 48.5 Å². The summed E-state index contributed by atoms with van der Waals surface area (Å²) in [6.07, 6.45) is 1.92. The smallest absolute Gasteiger partial charge is 0.295 e. The second-order valence-corrected chi connectivity index (χ2v) is 8.63. The highest BCUT2D eigenvalue weighted by Crippen LogP contribution is 2.40. The van der Waals surface area contributed by atoms with E-state index in [0.717, 1.165) is 18.4 Å². The molecule has 0 radical (unpaired) electrons. The van der Waals surface area contributed by atoms with Crippen molar-refractivity contribution >= 4 is 29.1 Å². The number of amides is 1. The molecule has 1 heterocycles. The van der Waals surface area contributed by atoms with Crippen LogP contribution in [0.1, 0.15) is 42.5 Å². The van der Waals surface area contributed by atoms with Crippen molar-refractivity contribution in [2.24, 2.45) is 0 Å². The number of likely N-dealkylation sites (tertiary alicyclic amines) is 1. The number of unbranched alkanes of at least 4 members (excludes halogenated alkanes) is 1. The van der Waals surface area contributed by atoms with Gasteiger partial charge in [-0.05, 0) is 41.8 Å². The zero-order valence-electron chi connectivity index (χ0n) is 18.9. The molecule has 1 saturated heterocycles. The number of rotatable bonds is 8. The van der Waals surface area contributed by atoms with Crippen molar-refractivity contribution in [2.75, 3.05) is 6.61 Å². The lowest BCUT2D eigenvalue weighted by atomic mass is 9.95. The summed E-state index contributed by atoms with van der Waals surface area (Å²) in [5.41, 5.74) is 2.05. The van der Waals surface area contributed by atoms with Crippen molar-refractivity contribution in [1.82, 2.24) is 4.90 Å². The number of nitrogens with zero attached hydrogens (tertiary/aromatic N) is 1. The fraction of sp³-hybridized carbons (Fsp3) is 0.214. The molecule has 0 bridgehead atoms. The van der Waals surface area contributed by atoms with E-state index in [4.69, 9.17) is 16.3 Å². The quantitative estimate of drug-likeness (QED) is 0.184. The van der Waals surface area contributed by atoms with Gasteiger partial charge in [0.15, 0.2) is 0 Å². The number of halogens is 1. The van der Waals surface area contributed by atoms with E-state index in [-0.39, 0.29) is 17.9 Å². The minimum atomic E-state index is -0.748. The lowest BCUT2D eigenvalue weighted by molar-refractivity contribution is -0.140. The Hall–Kier alpha value is -3.57. The highest BCUT2D eigenvalue weighted by atomic mass is 35.5. The molecule has 0 spiro atoms. The third-order valence-electron chi connectivity index (χ3n) is 5.80. The zero-order valence-corrected chi connectivity index (χ0v) is 19.7.